The Labute approximate surface area is 597 Å². The monoisotopic (exact) mass is 1350 g/mol. The van der Waals surface area contributed by atoms with Gasteiger partial charge in [-0.3, -0.25) is 0 Å². The summed E-state index contributed by atoms with van der Waals surface area (Å²) in [4.78, 5) is 11.1. The van der Waals surface area contributed by atoms with Crippen LogP contribution in [0.3, 0.4) is 0 Å². The van der Waals surface area contributed by atoms with Gasteiger partial charge in [-0.05, 0) is 167 Å². The van der Waals surface area contributed by atoms with Gasteiger partial charge in [-0.25, -0.2) is 9.97 Å². The van der Waals surface area contributed by atoms with Crippen molar-refractivity contribution in [3.63, 3.8) is 0 Å². The van der Waals surface area contributed by atoms with Crippen molar-refractivity contribution >= 4 is 160 Å². The molecule has 0 amide bonds. The maximum atomic E-state index is 5.54. The van der Waals surface area contributed by atoms with Gasteiger partial charge in [0.15, 0.2) is 5.82 Å². The van der Waals surface area contributed by atoms with Crippen molar-refractivity contribution in [1.82, 2.24) is 23.7 Å². The van der Waals surface area contributed by atoms with Gasteiger partial charge >= 0.3 is 0 Å². The molecule has 0 atom stereocenters. The molecule has 0 N–H and O–H groups in total. The Bertz CT molecular complexity index is 6960. The number of hydrogen-bond donors (Lipinski definition) is 0. The lowest BCUT2D eigenvalue weighted by atomic mass is 10.0. The highest BCUT2D eigenvalue weighted by Crippen LogP contribution is 2.45. The molecule has 0 saturated heterocycles. The number of thiophene rings is 3. The van der Waals surface area contributed by atoms with E-state index in [1.54, 1.807) is 0 Å². The molecule has 0 radical (unpaired) electrons. The molecular formula is C94H55N5S3. The van der Waals surface area contributed by atoms with Crippen molar-refractivity contribution < 1.29 is 0 Å². The zero-order chi connectivity index (χ0) is 66.7. The Morgan fingerprint density at radius 1 is 0.176 bits per heavy atom. The zero-order valence-electron chi connectivity index (χ0n) is 54.7. The highest BCUT2D eigenvalue weighted by molar-refractivity contribution is 7.26. The molecule has 8 heteroatoms. The molecule has 0 aliphatic heterocycles. The SMILES string of the molecule is c1cc(-c2nc(-c3ccc(-n4c5ccccc5c5cc(-c6ccc7c(c6)sc6ccccc67)ccc54)cc3)cc(-c3ccc(-n4c5ccccc5c5cc(-c6ccc7c(c6)sc6ccccc67)ccc54)cc3)n2)cc(-n2c3ccccc3c3cc(-c4ccc5c(c4)sc4ccccc45)ccc32)c1. The minimum Gasteiger partial charge on any atom is -0.309 e. The molecule has 5 nitrogen and oxygen atoms in total. The summed E-state index contributed by atoms with van der Waals surface area (Å²) in [5.41, 5.74) is 21.9. The van der Waals surface area contributed by atoms with Crippen molar-refractivity contribution in [2.45, 2.75) is 0 Å². The van der Waals surface area contributed by atoms with Crippen molar-refractivity contribution in [3.8, 4) is 84.3 Å². The van der Waals surface area contributed by atoms with Crippen LogP contribution < -0.4 is 0 Å². The van der Waals surface area contributed by atoms with Crippen LogP contribution in [0.25, 0.3) is 210 Å². The third-order valence-corrected chi connectivity index (χ3v) is 24.5. The first-order chi connectivity index (χ1) is 50.5. The van der Waals surface area contributed by atoms with Crippen molar-refractivity contribution in [2.24, 2.45) is 0 Å². The van der Waals surface area contributed by atoms with Gasteiger partial charge in [0.2, 0.25) is 0 Å². The van der Waals surface area contributed by atoms with Crippen molar-refractivity contribution in [1.29, 1.82) is 0 Å². The maximum absolute atomic E-state index is 5.54. The lowest BCUT2D eigenvalue weighted by molar-refractivity contribution is 1.15. The minimum atomic E-state index is 0.645. The smallest absolute Gasteiger partial charge is 0.160 e. The maximum Gasteiger partial charge on any atom is 0.160 e. The third kappa shape index (κ3) is 9.00. The van der Waals surface area contributed by atoms with Crippen LogP contribution in [0.4, 0.5) is 0 Å². The molecule has 15 aromatic carbocycles. The van der Waals surface area contributed by atoms with E-state index < -0.39 is 0 Å². The van der Waals surface area contributed by atoms with E-state index in [9.17, 15) is 0 Å². The number of fused-ring (bicyclic) bond motifs is 18. The lowest BCUT2D eigenvalue weighted by Gasteiger charge is -2.14. The number of benzene rings is 15. The fraction of sp³-hybridized carbons (Fsp3) is 0. The van der Waals surface area contributed by atoms with E-state index in [0.717, 1.165) is 78.2 Å². The number of para-hydroxylation sites is 3. The average molecular weight is 1350 g/mol. The predicted octanol–water partition coefficient (Wildman–Crippen LogP) is 26.9. The molecule has 7 heterocycles. The molecule has 102 heavy (non-hydrogen) atoms. The van der Waals surface area contributed by atoms with Crippen LogP contribution in [-0.4, -0.2) is 23.7 Å². The minimum absolute atomic E-state index is 0.645. The van der Waals surface area contributed by atoms with Gasteiger partial charge in [0.25, 0.3) is 0 Å². The van der Waals surface area contributed by atoms with Crippen molar-refractivity contribution in [2.75, 3.05) is 0 Å². The summed E-state index contributed by atoms with van der Waals surface area (Å²) in [7, 11) is 0. The Balaban J connectivity index is 0.652. The van der Waals surface area contributed by atoms with Crippen LogP contribution >= 0.6 is 34.0 Å². The normalized spacial score (nSPS) is 12.1. The van der Waals surface area contributed by atoms with Crippen LogP contribution in [0.1, 0.15) is 0 Å². The Morgan fingerprint density at radius 2 is 0.480 bits per heavy atom. The fourth-order valence-electron chi connectivity index (χ4n) is 16.2. The van der Waals surface area contributed by atoms with Crippen LogP contribution in [0.15, 0.2) is 334 Å². The van der Waals surface area contributed by atoms with Crippen LogP contribution in [0.2, 0.25) is 0 Å². The number of aromatic nitrogens is 5. The first kappa shape index (κ1) is 57.4. The van der Waals surface area contributed by atoms with E-state index in [1.807, 2.05) is 34.0 Å². The third-order valence-electron chi connectivity index (χ3n) is 21.1. The second-order valence-electron chi connectivity index (χ2n) is 26.8. The summed E-state index contributed by atoms with van der Waals surface area (Å²) in [6, 6.07) is 123. The quantitative estimate of drug-likeness (QED) is 0.144. The number of rotatable bonds is 9. The Kier molecular flexibility index (Phi) is 12.6. The van der Waals surface area contributed by atoms with Gasteiger partial charge < -0.3 is 13.7 Å². The predicted molar refractivity (Wildman–Crippen MR) is 436 cm³/mol. The highest BCUT2D eigenvalue weighted by Gasteiger charge is 2.21. The zero-order valence-corrected chi connectivity index (χ0v) is 57.2. The molecule has 0 aliphatic carbocycles. The largest absolute Gasteiger partial charge is 0.309 e. The Hall–Kier alpha value is -12.6. The summed E-state index contributed by atoms with van der Waals surface area (Å²) in [5.74, 6) is 0.645. The molecule has 0 spiro atoms. The van der Waals surface area contributed by atoms with Crippen LogP contribution in [-0.2, 0) is 0 Å². The van der Waals surface area contributed by atoms with Crippen LogP contribution in [0, 0.1) is 0 Å². The number of nitrogens with zero attached hydrogens (tertiary/aromatic N) is 5. The van der Waals surface area contributed by atoms with E-state index in [1.165, 1.54) is 126 Å². The average Bonchev–Trinajstić information content (AvgIpc) is 1.60. The van der Waals surface area contributed by atoms with E-state index in [-0.39, 0.29) is 0 Å². The summed E-state index contributed by atoms with van der Waals surface area (Å²) in [6.07, 6.45) is 0. The standard InChI is InChI=1S/C94H55N5S3/c1-7-22-82-68(16-1)77-49-58(61-32-42-74-71-19-4-10-25-88(71)100-91(74)52-61)35-45-85(77)97(82)65-38-28-56(29-39-65)80-55-81(57-30-40-66(41-31-57)98-83-23-8-2-17-69(83)78-50-59(36-46-86(78)98)62-33-43-75-72-20-5-11-26-89(72)101-92(75)53-62)96-94(95-80)64-14-13-15-67(48-64)99-84-24-9-3-18-70(84)79-51-60(37-47-87(79)99)63-34-44-76-73-21-6-12-27-90(73)102-93(76)54-63/h1-55H. The fourth-order valence-corrected chi connectivity index (χ4v) is 19.7. The van der Waals surface area contributed by atoms with Gasteiger partial charge in [0.1, 0.15) is 0 Å². The molecule has 22 rings (SSSR count). The Morgan fingerprint density at radius 3 is 0.873 bits per heavy atom. The first-order valence-electron chi connectivity index (χ1n) is 34.6. The molecule has 0 saturated carbocycles. The molecule has 474 valence electrons. The summed E-state index contributed by atoms with van der Waals surface area (Å²) in [6.45, 7) is 0. The molecule has 0 aliphatic rings. The van der Waals surface area contributed by atoms with Gasteiger partial charge in [-0.15, -0.1) is 34.0 Å². The van der Waals surface area contributed by atoms with Gasteiger partial charge in [0, 0.05) is 127 Å². The second kappa shape index (κ2) is 22.5. The van der Waals surface area contributed by atoms with E-state index in [4.69, 9.17) is 9.97 Å². The van der Waals surface area contributed by atoms with Crippen LogP contribution in [0.5, 0.6) is 0 Å². The first-order valence-corrected chi connectivity index (χ1v) is 37.0. The molecule has 22 aromatic rings. The molecule has 7 aromatic heterocycles. The molecule has 0 unspecified atom stereocenters. The van der Waals surface area contributed by atoms with Gasteiger partial charge in [-0.1, -0.05) is 200 Å². The van der Waals surface area contributed by atoms with E-state index in [0.29, 0.717) is 5.82 Å². The topological polar surface area (TPSA) is 40.6 Å². The van der Waals surface area contributed by atoms with E-state index >= 15 is 0 Å². The van der Waals surface area contributed by atoms with Gasteiger partial charge in [-0.2, -0.15) is 0 Å². The lowest BCUT2D eigenvalue weighted by Crippen LogP contribution is -1.99. The van der Waals surface area contributed by atoms with Gasteiger partial charge in [0.05, 0.1) is 44.5 Å². The van der Waals surface area contributed by atoms with E-state index in [2.05, 4.69) is 347 Å². The number of hydrogen-bond acceptors (Lipinski definition) is 5. The summed E-state index contributed by atoms with van der Waals surface area (Å²) in [5, 5.41) is 15.2. The highest BCUT2D eigenvalue weighted by atomic mass is 32.1. The second-order valence-corrected chi connectivity index (χ2v) is 30.0. The molecular weight excluding hydrogens is 1300 g/mol. The summed E-state index contributed by atoms with van der Waals surface area (Å²) < 4.78 is 15.1. The van der Waals surface area contributed by atoms with Crippen molar-refractivity contribution in [3.05, 3.63) is 334 Å². The molecule has 0 fully saturated rings. The summed E-state index contributed by atoms with van der Waals surface area (Å²) >= 11 is 5.59. The molecule has 0 bridgehead atoms.